The third-order valence-electron chi connectivity index (χ3n) is 3.84. The summed E-state index contributed by atoms with van der Waals surface area (Å²) in [6.07, 6.45) is 2.47. The number of benzene rings is 2. The van der Waals surface area contributed by atoms with E-state index in [0.717, 1.165) is 43.2 Å². The minimum Gasteiger partial charge on any atom is -0.490 e. The number of ether oxygens (including phenoxy) is 2. The normalized spacial score (nSPS) is 15.5. The van der Waals surface area contributed by atoms with Gasteiger partial charge in [0.1, 0.15) is 23.4 Å². The number of nitrogens with one attached hydrogen (secondary N) is 1. The van der Waals surface area contributed by atoms with E-state index in [1.165, 1.54) is 11.1 Å². The Morgan fingerprint density at radius 1 is 0.818 bits per heavy atom. The van der Waals surface area contributed by atoms with E-state index in [1.807, 2.05) is 36.4 Å². The molecule has 0 aliphatic carbocycles. The van der Waals surface area contributed by atoms with Crippen LogP contribution in [0.4, 0.5) is 0 Å². The van der Waals surface area contributed by atoms with Crippen molar-refractivity contribution in [1.29, 1.82) is 0 Å². The van der Waals surface area contributed by atoms with E-state index in [1.54, 1.807) is 0 Å². The largest absolute Gasteiger partial charge is 0.490 e. The topological polar surface area (TPSA) is 30.5 Å². The molecule has 1 aliphatic rings. The summed E-state index contributed by atoms with van der Waals surface area (Å²) < 4.78 is 11.9. The molecule has 3 rings (SSSR count). The van der Waals surface area contributed by atoms with Gasteiger partial charge in [-0.1, -0.05) is 6.07 Å². The first-order valence-electron chi connectivity index (χ1n) is 7.93. The quantitative estimate of drug-likeness (QED) is 0.916. The maximum absolute atomic E-state index is 6.00. The van der Waals surface area contributed by atoms with E-state index in [4.69, 9.17) is 9.47 Å². The van der Waals surface area contributed by atoms with Crippen LogP contribution in [0.25, 0.3) is 0 Å². The molecule has 0 radical (unpaired) electrons. The molecular formula is C19H23NO2. The van der Waals surface area contributed by atoms with E-state index in [-0.39, 0.29) is 0 Å². The Balaban J connectivity index is 1.63. The molecule has 3 heteroatoms. The van der Waals surface area contributed by atoms with Crippen LogP contribution in [0.3, 0.4) is 0 Å². The second-order valence-corrected chi connectivity index (χ2v) is 5.96. The molecule has 1 saturated heterocycles. The van der Waals surface area contributed by atoms with Gasteiger partial charge in [0.2, 0.25) is 0 Å². The second kappa shape index (κ2) is 6.84. The zero-order valence-electron chi connectivity index (χ0n) is 13.3. The minimum absolute atomic E-state index is 0.326. The summed E-state index contributed by atoms with van der Waals surface area (Å²) in [4.78, 5) is 0. The van der Waals surface area contributed by atoms with Crippen LogP contribution in [-0.2, 0) is 0 Å². The fraction of sp³-hybridized carbons (Fsp3) is 0.368. The maximum Gasteiger partial charge on any atom is 0.127 e. The van der Waals surface area contributed by atoms with Crippen LogP contribution in [0.1, 0.15) is 24.0 Å². The molecule has 0 bridgehead atoms. The van der Waals surface area contributed by atoms with Gasteiger partial charge in [-0.05, 0) is 87.3 Å². The smallest absolute Gasteiger partial charge is 0.127 e. The van der Waals surface area contributed by atoms with Gasteiger partial charge in [0.15, 0.2) is 0 Å². The fourth-order valence-electron chi connectivity index (χ4n) is 2.82. The Kier molecular flexibility index (Phi) is 4.64. The highest BCUT2D eigenvalue weighted by molar-refractivity contribution is 5.38. The van der Waals surface area contributed by atoms with Crippen molar-refractivity contribution >= 4 is 0 Å². The van der Waals surface area contributed by atoms with Gasteiger partial charge in [0.25, 0.3) is 0 Å². The third-order valence-corrected chi connectivity index (χ3v) is 3.84. The first kappa shape index (κ1) is 14.9. The van der Waals surface area contributed by atoms with E-state index < -0.39 is 0 Å². The lowest BCUT2D eigenvalue weighted by atomic mass is 10.1. The highest BCUT2D eigenvalue weighted by Gasteiger charge is 2.14. The van der Waals surface area contributed by atoms with Crippen LogP contribution in [0.2, 0.25) is 0 Å². The zero-order valence-corrected chi connectivity index (χ0v) is 13.3. The first-order chi connectivity index (χ1) is 10.7. The highest BCUT2D eigenvalue weighted by atomic mass is 16.5. The molecule has 22 heavy (non-hydrogen) atoms. The summed E-state index contributed by atoms with van der Waals surface area (Å²) in [7, 11) is 0. The third kappa shape index (κ3) is 4.01. The number of piperidine rings is 1. The zero-order chi connectivity index (χ0) is 15.4. The van der Waals surface area contributed by atoms with Crippen molar-refractivity contribution in [3.8, 4) is 17.2 Å². The lowest BCUT2D eigenvalue weighted by molar-refractivity contribution is 0.162. The molecule has 0 saturated carbocycles. The van der Waals surface area contributed by atoms with Gasteiger partial charge in [-0.25, -0.2) is 0 Å². The highest BCUT2D eigenvalue weighted by Crippen LogP contribution is 2.26. The van der Waals surface area contributed by atoms with Crippen molar-refractivity contribution in [2.24, 2.45) is 0 Å². The van der Waals surface area contributed by atoms with Gasteiger partial charge in [-0.15, -0.1) is 0 Å². The Labute approximate surface area is 132 Å². The predicted octanol–water partition coefficient (Wildman–Crippen LogP) is 4.23. The molecule has 2 aromatic carbocycles. The predicted molar refractivity (Wildman–Crippen MR) is 89.0 cm³/mol. The van der Waals surface area contributed by atoms with Crippen LogP contribution < -0.4 is 14.8 Å². The van der Waals surface area contributed by atoms with Crippen molar-refractivity contribution in [3.05, 3.63) is 53.6 Å². The molecule has 1 aliphatic heterocycles. The summed E-state index contributed by atoms with van der Waals surface area (Å²) in [5.41, 5.74) is 2.42. The van der Waals surface area contributed by atoms with Gasteiger partial charge in [-0.2, -0.15) is 0 Å². The molecular weight excluding hydrogens is 274 g/mol. The number of rotatable bonds is 4. The minimum atomic E-state index is 0.326. The van der Waals surface area contributed by atoms with E-state index in [9.17, 15) is 0 Å². The van der Waals surface area contributed by atoms with Crippen LogP contribution in [0.15, 0.2) is 42.5 Å². The number of hydrogen-bond donors (Lipinski definition) is 1. The molecule has 1 heterocycles. The van der Waals surface area contributed by atoms with Gasteiger partial charge >= 0.3 is 0 Å². The molecule has 0 aromatic heterocycles. The fourth-order valence-corrected chi connectivity index (χ4v) is 2.82. The number of hydrogen-bond acceptors (Lipinski definition) is 3. The van der Waals surface area contributed by atoms with E-state index in [2.05, 4.69) is 25.2 Å². The molecule has 1 fully saturated rings. The maximum atomic E-state index is 6.00. The van der Waals surface area contributed by atoms with Crippen LogP contribution in [0.5, 0.6) is 17.2 Å². The van der Waals surface area contributed by atoms with Gasteiger partial charge in [-0.3, -0.25) is 0 Å². The summed E-state index contributed by atoms with van der Waals surface area (Å²) in [5.74, 6) is 2.63. The van der Waals surface area contributed by atoms with E-state index >= 15 is 0 Å². The van der Waals surface area contributed by atoms with Gasteiger partial charge in [0, 0.05) is 0 Å². The Hall–Kier alpha value is -2.00. The molecule has 0 amide bonds. The molecule has 1 N–H and O–H groups in total. The number of aryl methyl sites for hydroxylation is 2. The molecule has 0 atom stereocenters. The first-order valence-corrected chi connectivity index (χ1v) is 7.93. The Morgan fingerprint density at radius 3 is 2.05 bits per heavy atom. The van der Waals surface area contributed by atoms with Crippen molar-refractivity contribution in [1.82, 2.24) is 5.32 Å². The lowest BCUT2D eigenvalue weighted by Gasteiger charge is -2.23. The molecule has 0 unspecified atom stereocenters. The van der Waals surface area contributed by atoms with Crippen molar-refractivity contribution in [3.63, 3.8) is 0 Å². The summed E-state index contributed by atoms with van der Waals surface area (Å²) in [6, 6.07) is 14.1. The summed E-state index contributed by atoms with van der Waals surface area (Å²) >= 11 is 0. The SMILES string of the molecule is Cc1cc(C)cc(Oc2ccc(OC3CCNCC3)cc2)c1. The Bertz CT molecular complexity index is 596. The van der Waals surface area contributed by atoms with E-state index in [0.29, 0.717) is 6.10 Å². The van der Waals surface area contributed by atoms with Gasteiger partial charge < -0.3 is 14.8 Å². The van der Waals surface area contributed by atoms with Crippen molar-refractivity contribution in [2.45, 2.75) is 32.8 Å². The monoisotopic (exact) mass is 297 g/mol. The molecule has 3 nitrogen and oxygen atoms in total. The summed E-state index contributed by atoms with van der Waals surface area (Å²) in [6.45, 7) is 6.24. The van der Waals surface area contributed by atoms with Crippen LogP contribution in [-0.4, -0.2) is 19.2 Å². The molecule has 116 valence electrons. The standard InChI is InChI=1S/C19H23NO2/c1-14-11-15(2)13-19(12-14)22-17-5-3-16(4-6-17)21-18-7-9-20-10-8-18/h3-6,11-13,18,20H,7-10H2,1-2H3. The average molecular weight is 297 g/mol. The second-order valence-electron chi connectivity index (χ2n) is 5.96. The van der Waals surface area contributed by atoms with Gasteiger partial charge in [0.05, 0.1) is 0 Å². The van der Waals surface area contributed by atoms with Crippen LogP contribution >= 0.6 is 0 Å². The Morgan fingerprint density at radius 2 is 1.41 bits per heavy atom. The molecule has 0 spiro atoms. The average Bonchev–Trinajstić information content (AvgIpc) is 2.49. The van der Waals surface area contributed by atoms with Crippen molar-refractivity contribution < 1.29 is 9.47 Å². The van der Waals surface area contributed by atoms with Crippen LogP contribution in [0, 0.1) is 13.8 Å². The molecule has 2 aromatic rings. The lowest BCUT2D eigenvalue weighted by Crippen LogP contribution is -2.34. The van der Waals surface area contributed by atoms with Crippen molar-refractivity contribution in [2.75, 3.05) is 13.1 Å². The summed E-state index contributed by atoms with van der Waals surface area (Å²) in [5, 5.41) is 3.35.